The molecule has 2 aromatic heterocycles. The summed E-state index contributed by atoms with van der Waals surface area (Å²) in [5, 5.41) is 15.5. The molecule has 0 saturated carbocycles. The smallest absolute Gasteiger partial charge is 0.234 e. The van der Waals surface area contributed by atoms with Crippen LogP contribution < -0.4 is 5.32 Å². The number of anilines is 1. The largest absolute Gasteiger partial charge is 0.325 e. The SMILES string of the molecule is Cc1nnc2ccc(SCC(=O)Nc3ccc(F)c(Cl)c3)nn12. The highest BCUT2D eigenvalue weighted by molar-refractivity contribution is 7.99. The Labute approximate surface area is 140 Å². The number of amides is 1. The van der Waals surface area contributed by atoms with E-state index in [4.69, 9.17) is 11.6 Å². The first kappa shape index (κ1) is 15.7. The van der Waals surface area contributed by atoms with E-state index in [0.29, 0.717) is 22.2 Å². The van der Waals surface area contributed by atoms with Crippen LogP contribution in [0.5, 0.6) is 0 Å². The minimum Gasteiger partial charge on any atom is -0.325 e. The summed E-state index contributed by atoms with van der Waals surface area (Å²) in [5.41, 5.74) is 1.09. The quantitative estimate of drug-likeness (QED) is 0.732. The highest BCUT2D eigenvalue weighted by Gasteiger charge is 2.08. The second-order valence-electron chi connectivity index (χ2n) is 4.65. The van der Waals surface area contributed by atoms with E-state index in [2.05, 4.69) is 20.6 Å². The van der Waals surface area contributed by atoms with Crippen molar-refractivity contribution in [3.05, 3.63) is 47.0 Å². The molecule has 0 fully saturated rings. The van der Waals surface area contributed by atoms with Crippen LogP contribution in [0.2, 0.25) is 5.02 Å². The Balaban J connectivity index is 1.63. The molecular formula is C14H11ClFN5OS. The van der Waals surface area contributed by atoms with Gasteiger partial charge >= 0.3 is 0 Å². The van der Waals surface area contributed by atoms with Crippen LogP contribution in [-0.4, -0.2) is 31.5 Å². The van der Waals surface area contributed by atoms with Crippen molar-refractivity contribution in [3.63, 3.8) is 0 Å². The van der Waals surface area contributed by atoms with Gasteiger partial charge in [0.2, 0.25) is 5.91 Å². The fourth-order valence-electron chi connectivity index (χ4n) is 1.87. The van der Waals surface area contributed by atoms with Gasteiger partial charge in [0.05, 0.1) is 10.8 Å². The fraction of sp³-hybridized carbons (Fsp3) is 0.143. The van der Waals surface area contributed by atoms with Crippen molar-refractivity contribution in [1.82, 2.24) is 19.8 Å². The van der Waals surface area contributed by atoms with E-state index in [-0.39, 0.29) is 16.7 Å². The Bertz CT molecular complexity index is 885. The molecule has 0 unspecified atom stereocenters. The van der Waals surface area contributed by atoms with Gasteiger partial charge in [0, 0.05) is 5.69 Å². The summed E-state index contributed by atoms with van der Waals surface area (Å²) in [6.45, 7) is 1.80. The van der Waals surface area contributed by atoms with Gasteiger partial charge in [-0.1, -0.05) is 23.4 Å². The molecule has 0 spiro atoms. The maximum absolute atomic E-state index is 13.1. The first-order valence-electron chi connectivity index (χ1n) is 6.60. The van der Waals surface area contributed by atoms with Gasteiger partial charge in [0.15, 0.2) is 11.5 Å². The molecule has 0 bridgehead atoms. The topological polar surface area (TPSA) is 72.2 Å². The molecule has 0 aliphatic carbocycles. The van der Waals surface area contributed by atoms with Crippen LogP contribution in [0.15, 0.2) is 35.4 Å². The molecule has 1 amide bonds. The molecule has 0 aliphatic rings. The van der Waals surface area contributed by atoms with Gasteiger partial charge in [0.1, 0.15) is 10.8 Å². The van der Waals surface area contributed by atoms with E-state index in [0.717, 1.165) is 0 Å². The predicted molar refractivity (Wildman–Crippen MR) is 86.3 cm³/mol. The lowest BCUT2D eigenvalue weighted by Crippen LogP contribution is -2.14. The van der Waals surface area contributed by atoms with E-state index in [1.165, 1.54) is 30.0 Å². The number of carbonyl (C=O) groups is 1. The Hall–Kier alpha value is -2.19. The van der Waals surface area contributed by atoms with Crippen molar-refractivity contribution in [2.75, 3.05) is 11.1 Å². The molecule has 3 aromatic rings. The van der Waals surface area contributed by atoms with Gasteiger partial charge in [-0.3, -0.25) is 4.79 Å². The van der Waals surface area contributed by atoms with E-state index < -0.39 is 5.82 Å². The number of carbonyl (C=O) groups excluding carboxylic acids is 1. The van der Waals surface area contributed by atoms with Crippen molar-refractivity contribution in [2.24, 2.45) is 0 Å². The zero-order valence-corrected chi connectivity index (χ0v) is 13.5. The zero-order valence-electron chi connectivity index (χ0n) is 12.0. The summed E-state index contributed by atoms with van der Waals surface area (Å²) in [6, 6.07) is 7.58. The van der Waals surface area contributed by atoms with Gasteiger partial charge in [-0.2, -0.15) is 9.61 Å². The van der Waals surface area contributed by atoms with Crippen molar-refractivity contribution < 1.29 is 9.18 Å². The molecule has 0 aliphatic heterocycles. The molecule has 23 heavy (non-hydrogen) atoms. The number of fused-ring (bicyclic) bond motifs is 1. The lowest BCUT2D eigenvalue weighted by molar-refractivity contribution is -0.113. The minimum absolute atomic E-state index is 0.0364. The Morgan fingerprint density at radius 1 is 1.35 bits per heavy atom. The zero-order chi connectivity index (χ0) is 16.4. The van der Waals surface area contributed by atoms with Crippen molar-refractivity contribution in [3.8, 4) is 0 Å². The number of hydrogen-bond donors (Lipinski definition) is 1. The van der Waals surface area contributed by atoms with Gasteiger partial charge in [0.25, 0.3) is 0 Å². The third-order valence-electron chi connectivity index (χ3n) is 2.95. The number of benzene rings is 1. The van der Waals surface area contributed by atoms with Crippen LogP contribution in [0.3, 0.4) is 0 Å². The van der Waals surface area contributed by atoms with Gasteiger partial charge in [-0.15, -0.1) is 10.2 Å². The van der Waals surface area contributed by atoms with Crippen LogP contribution in [0, 0.1) is 12.7 Å². The number of halogens is 2. The molecule has 0 atom stereocenters. The van der Waals surface area contributed by atoms with E-state index >= 15 is 0 Å². The molecule has 0 saturated heterocycles. The second kappa shape index (κ2) is 6.51. The van der Waals surface area contributed by atoms with E-state index in [9.17, 15) is 9.18 Å². The molecule has 1 aromatic carbocycles. The molecule has 0 radical (unpaired) electrons. The third kappa shape index (κ3) is 3.59. The lowest BCUT2D eigenvalue weighted by Gasteiger charge is -2.06. The number of nitrogens with one attached hydrogen (secondary N) is 1. The van der Waals surface area contributed by atoms with Gasteiger partial charge in [-0.05, 0) is 37.3 Å². The molecular weight excluding hydrogens is 341 g/mol. The molecule has 118 valence electrons. The Morgan fingerprint density at radius 3 is 2.96 bits per heavy atom. The summed E-state index contributed by atoms with van der Waals surface area (Å²) in [4.78, 5) is 11.9. The molecule has 3 rings (SSSR count). The van der Waals surface area contributed by atoms with Crippen LogP contribution in [-0.2, 0) is 4.79 Å². The van der Waals surface area contributed by atoms with Crippen LogP contribution in [0.4, 0.5) is 10.1 Å². The van der Waals surface area contributed by atoms with E-state index in [1.54, 1.807) is 23.6 Å². The normalized spacial score (nSPS) is 10.9. The third-order valence-corrected chi connectivity index (χ3v) is 4.16. The van der Waals surface area contributed by atoms with Crippen molar-refractivity contribution in [1.29, 1.82) is 0 Å². The van der Waals surface area contributed by atoms with Crippen molar-refractivity contribution in [2.45, 2.75) is 11.9 Å². The first-order chi connectivity index (χ1) is 11.0. The van der Waals surface area contributed by atoms with Crippen LogP contribution in [0.25, 0.3) is 5.65 Å². The fourth-order valence-corrected chi connectivity index (χ4v) is 2.70. The molecule has 9 heteroatoms. The summed E-state index contributed by atoms with van der Waals surface area (Å²) < 4.78 is 14.7. The molecule has 6 nitrogen and oxygen atoms in total. The predicted octanol–water partition coefficient (Wildman–Crippen LogP) is 2.96. The Morgan fingerprint density at radius 2 is 2.17 bits per heavy atom. The standard InChI is InChI=1S/C14H11ClFN5OS/c1-8-18-19-12-4-5-14(20-21(8)12)23-7-13(22)17-9-2-3-11(16)10(15)6-9/h2-6H,7H2,1H3,(H,17,22). The van der Waals surface area contributed by atoms with Crippen LogP contribution >= 0.6 is 23.4 Å². The lowest BCUT2D eigenvalue weighted by atomic mass is 10.3. The first-order valence-corrected chi connectivity index (χ1v) is 7.96. The number of aryl methyl sites for hydroxylation is 1. The second-order valence-corrected chi connectivity index (χ2v) is 6.06. The van der Waals surface area contributed by atoms with Gasteiger partial charge < -0.3 is 5.32 Å². The summed E-state index contributed by atoms with van der Waals surface area (Å²) >= 11 is 6.95. The highest BCUT2D eigenvalue weighted by Crippen LogP contribution is 2.20. The molecule has 2 heterocycles. The number of nitrogens with zero attached hydrogens (tertiary/aromatic N) is 4. The maximum Gasteiger partial charge on any atom is 0.234 e. The summed E-state index contributed by atoms with van der Waals surface area (Å²) in [6.07, 6.45) is 0. The maximum atomic E-state index is 13.1. The highest BCUT2D eigenvalue weighted by atomic mass is 35.5. The Kier molecular flexibility index (Phi) is 4.44. The average Bonchev–Trinajstić information content (AvgIpc) is 2.90. The number of rotatable bonds is 4. The average molecular weight is 352 g/mol. The van der Waals surface area contributed by atoms with Crippen LogP contribution in [0.1, 0.15) is 5.82 Å². The van der Waals surface area contributed by atoms with Gasteiger partial charge in [-0.25, -0.2) is 4.39 Å². The summed E-state index contributed by atoms with van der Waals surface area (Å²) in [5.74, 6) is 0.0723. The number of thioether (sulfide) groups is 1. The summed E-state index contributed by atoms with van der Waals surface area (Å²) in [7, 11) is 0. The van der Waals surface area contributed by atoms with E-state index in [1.807, 2.05) is 0 Å². The molecule has 1 N–H and O–H groups in total. The number of aromatic nitrogens is 4. The monoisotopic (exact) mass is 351 g/mol. The van der Waals surface area contributed by atoms with Crippen molar-refractivity contribution >= 4 is 40.6 Å². The minimum atomic E-state index is -0.527. The number of hydrogen-bond acceptors (Lipinski definition) is 5.